The smallest absolute Gasteiger partial charge is 0.337 e. The number of aryl methyl sites for hydroxylation is 1. The molecule has 3 rings (SSSR count). The maximum absolute atomic E-state index is 13.0. The van der Waals surface area contributed by atoms with Gasteiger partial charge in [0, 0.05) is 45.7 Å². The van der Waals surface area contributed by atoms with E-state index >= 15 is 0 Å². The highest BCUT2D eigenvalue weighted by atomic mass is 28.3. The monoisotopic (exact) mass is 459 g/mol. The van der Waals surface area contributed by atoms with E-state index in [0.29, 0.717) is 25.3 Å². The number of hydrogen-bond donors (Lipinski definition) is 1. The van der Waals surface area contributed by atoms with E-state index in [4.69, 9.17) is 9.57 Å². The number of ether oxygens (including phenoxy) is 1. The van der Waals surface area contributed by atoms with Gasteiger partial charge in [-0.1, -0.05) is 50.0 Å². The summed E-state index contributed by atoms with van der Waals surface area (Å²) in [5, 5.41) is 11.5. The fourth-order valence-corrected chi connectivity index (χ4v) is 4.18. The number of hydrogen-bond acceptors (Lipinski definition) is 6. The zero-order valence-corrected chi connectivity index (χ0v) is 20.3. The highest BCUT2D eigenvalue weighted by Crippen LogP contribution is 2.22. The second-order valence-corrected chi connectivity index (χ2v) is 15.0. The van der Waals surface area contributed by atoms with Gasteiger partial charge in [0.2, 0.25) is 0 Å². The van der Waals surface area contributed by atoms with Crippen molar-refractivity contribution in [3.8, 4) is 0 Å². The van der Waals surface area contributed by atoms with Crippen LogP contribution >= 0.6 is 0 Å². The van der Waals surface area contributed by atoms with Gasteiger partial charge in [-0.15, -0.1) is 0 Å². The standard InChI is InChI=1S/C23H33N3O5Si/c1-18-12-24(23(29)26(22(18)28)17-30-10-11-32(2,3)4)14-20-15-25(31-21(20)16-27)13-19-8-6-5-7-9-19/h5-9,12,14,21,27H,10-11,13,15-17H2,1-4H3/b20-14-. The Labute approximate surface area is 189 Å². The largest absolute Gasteiger partial charge is 0.393 e. The van der Waals surface area contributed by atoms with Gasteiger partial charge in [-0.2, -0.15) is 5.06 Å². The van der Waals surface area contributed by atoms with Crippen molar-refractivity contribution in [1.29, 1.82) is 0 Å². The Bertz CT molecular complexity index is 1060. The SMILES string of the molecule is Cc1cn(/C=C2/CN(Cc3ccccc3)OC2CO)c(=O)n(COCC[Si](C)(C)C)c1=O. The van der Waals surface area contributed by atoms with Crippen molar-refractivity contribution in [3.05, 3.63) is 74.1 Å². The highest BCUT2D eigenvalue weighted by Gasteiger charge is 2.28. The third-order valence-electron chi connectivity index (χ3n) is 5.31. The molecule has 0 amide bonds. The lowest BCUT2D eigenvalue weighted by molar-refractivity contribution is -0.159. The second kappa shape index (κ2) is 10.5. The molecule has 1 aromatic carbocycles. The zero-order chi connectivity index (χ0) is 23.3. The molecule has 1 aliphatic heterocycles. The third kappa shape index (κ3) is 6.36. The molecular formula is C23H33N3O5Si. The summed E-state index contributed by atoms with van der Waals surface area (Å²) in [6.07, 6.45) is 2.63. The Balaban J connectivity index is 1.79. The van der Waals surface area contributed by atoms with Crippen LogP contribution in [0.3, 0.4) is 0 Å². The van der Waals surface area contributed by atoms with E-state index in [1.54, 1.807) is 18.2 Å². The minimum Gasteiger partial charge on any atom is -0.393 e. The van der Waals surface area contributed by atoms with Gasteiger partial charge in [-0.25, -0.2) is 9.36 Å². The van der Waals surface area contributed by atoms with Gasteiger partial charge < -0.3 is 9.84 Å². The lowest BCUT2D eigenvalue weighted by atomic mass is 10.1. The zero-order valence-electron chi connectivity index (χ0n) is 19.3. The van der Waals surface area contributed by atoms with Crippen LogP contribution in [0.5, 0.6) is 0 Å². The van der Waals surface area contributed by atoms with Crippen LogP contribution in [0.2, 0.25) is 25.7 Å². The predicted octanol–water partition coefficient (Wildman–Crippen LogP) is 2.28. The summed E-state index contributed by atoms with van der Waals surface area (Å²) < 4.78 is 8.15. The Morgan fingerprint density at radius 3 is 2.59 bits per heavy atom. The van der Waals surface area contributed by atoms with E-state index in [2.05, 4.69) is 19.6 Å². The fourth-order valence-electron chi connectivity index (χ4n) is 3.42. The van der Waals surface area contributed by atoms with E-state index in [9.17, 15) is 14.7 Å². The molecule has 0 bridgehead atoms. The first-order chi connectivity index (χ1) is 15.2. The normalized spacial score (nSPS) is 18.5. The molecule has 0 aliphatic carbocycles. The van der Waals surface area contributed by atoms with E-state index in [1.165, 1.54) is 10.8 Å². The molecule has 32 heavy (non-hydrogen) atoms. The second-order valence-electron chi connectivity index (χ2n) is 9.35. The van der Waals surface area contributed by atoms with Crippen LogP contribution in [0.1, 0.15) is 11.1 Å². The number of benzene rings is 1. The quantitative estimate of drug-likeness (QED) is 0.457. The van der Waals surface area contributed by atoms with Crippen LogP contribution < -0.4 is 11.2 Å². The summed E-state index contributed by atoms with van der Waals surface area (Å²) in [5.41, 5.74) is 1.46. The van der Waals surface area contributed by atoms with E-state index in [-0.39, 0.29) is 18.9 Å². The number of aliphatic hydroxyl groups is 1. The van der Waals surface area contributed by atoms with Gasteiger partial charge in [0.05, 0.1) is 6.61 Å². The highest BCUT2D eigenvalue weighted by molar-refractivity contribution is 6.76. The first-order valence-corrected chi connectivity index (χ1v) is 14.6. The van der Waals surface area contributed by atoms with Gasteiger partial charge in [-0.3, -0.25) is 14.2 Å². The van der Waals surface area contributed by atoms with Gasteiger partial charge >= 0.3 is 5.69 Å². The van der Waals surface area contributed by atoms with Crippen LogP contribution in [0, 0.1) is 6.92 Å². The molecule has 8 nitrogen and oxygen atoms in total. The van der Waals surface area contributed by atoms with Gasteiger partial charge in [0.1, 0.15) is 12.8 Å². The van der Waals surface area contributed by atoms with Gasteiger partial charge in [0.25, 0.3) is 5.56 Å². The van der Waals surface area contributed by atoms with Crippen molar-refractivity contribution in [2.45, 2.75) is 52.0 Å². The number of rotatable bonds is 9. The molecule has 0 saturated carbocycles. The molecule has 1 N–H and O–H groups in total. The maximum atomic E-state index is 13.0. The van der Waals surface area contributed by atoms with Crippen LogP contribution in [-0.4, -0.2) is 53.2 Å². The van der Waals surface area contributed by atoms with E-state index < -0.39 is 19.9 Å². The maximum Gasteiger partial charge on any atom is 0.337 e. The van der Waals surface area contributed by atoms with Crippen LogP contribution in [0.15, 0.2) is 51.7 Å². The number of aliphatic hydroxyl groups excluding tert-OH is 1. The summed E-state index contributed by atoms with van der Waals surface area (Å²) in [4.78, 5) is 31.4. The van der Waals surface area contributed by atoms with Gasteiger partial charge in [-0.05, 0) is 24.1 Å². The van der Waals surface area contributed by atoms with Crippen molar-refractivity contribution in [2.24, 2.45) is 0 Å². The van der Waals surface area contributed by atoms with Gasteiger partial charge in [0.15, 0.2) is 0 Å². The first kappa shape index (κ1) is 24.3. The summed E-state index contributed by atoms with van der Waals surface area (Å²) in [6, 6.07) is 10.8. The van der Waals surface area contributed by atoms with Crippen LogP contribution in [0.4, 0.5) is 0 Å². The summed E-state index contributed by atoms with van der Waals surface area (Å²) in [7, 11) is -1.26. The van der Waals surface area contributed by atoms with E-state index in [1.807, 2.05) is 30.3 Å². The number of hydroxylamine groups is 2. The average molecular weight is 460 g/mol. The molecule has 1 fully saturated rings. The van der Waals surface area contributed by atoms with Crippen molar-refractivity contribution in [3.63, 3.8) is 0 Å². The topological polar surface area (TPSA) is 85.9 Å². The molecule has 1 aliphatic rings. The number of nitrogens with zero attached hydrogens (tertiary/aromatic N) is 3. The Kier molecular flexibility index (Phi) is 8.02. The summed E-state index contributed by atoms with van der Waals surface area (Å²) in [5.74, 6) is 0. The molecule has 2 heterocycles. The first-order valence-electron chi connectivity index (χ1n) is 10.9. The Morgan fingerprint density at radius 2 is 1.94 bits per heavy atom. The van der Waals surface area contributed by atoms with Crippen molar-refractivity contribution in [1.82, 2.24) is 14.2 Å². The average Bonchev–Trinajstić information content (AvgIpc) is 3.12. The lowest BCUT2D eigenvalue weighted by Crippen LogP contribution is -2.40. The fraction of sp³-hybridized carbons (Fsp3) is 0.478. The molecule has 1 aromatic heterocycles. The summed E-state index contributed by atoms with van der Waals surface area (Å²) >= 11 is 0. The minimum atomic E-state index is -1.26. The molecule has 1 saturated heterocycles. The van der Waals surface area contributed by atoms with Crippen molar-refractivity contribution >= 4 is 14.3 Å². The third-order valence-corrected chi connectivity index (χ3v) is 7.01. The molecule has 0 radical (unpaired) electrons. The Morgan fingerprint density at radius 1 is 1.22 bits per heavy atom. The molecule has 2 aromatic rings. The predicted molar refractivity (Wildman–Crippen MR) is 127 cm³/mol. The van der Waals surface area contributed by atoms with Crippen molar-refractivity contribution < 1.29 is 14.7 Å². The molecule has 0 spiro atoms. The number of aromatic nitrogens is 2. The Hall–Kier alpha value is -2.30. The van der Waals surface area contributed by atoms with E-state index in [0.717, 1.165) is 21.7 Å². The lowest BCUT2D eigenvalue weighted by Gasteiger charge is -2.16. The minimum absolute atomic E-state index is 0.0763. The van der Waals surface area contributed by atoms with Crippen LogP contribution in [0.25, 0.3) is 6.20 Å². The van der Waals surface area contributed by atoms with Crippen LogP contribution in [-0.2, 0) is 22.9 Å². The molecule has 9 heteroatoms. The summed E-state index contributed by atoms with van der Waals surface area (Å²) in [6.45, 7) is 9.66. The molecule has 1 atom stereocenters. The van der Waals surface area contributed by atoms with Crippen molar-refractivity contribution in [2.75, 3.05) is 19.8 Å². The molecular weight excluding hydrogens is 426 g/mol. The molecule has 1 unspecified atom stereocenters. The molecule has 174 valence electrons.